The molecule has 1 fully saturated rings. The maximum atomic E-state index is 11.8. The van der Waals surface area contributed by atoms with E-state index in [1.807, 2.05) is 0 Å². The highest BCUT2D eigenvalue weighted by Crippen LogP contribution is 2.04. The van der Waals surface area contributed by atoms with Gasteiger partial charge in [-0.3, -0.25) is 9.59 Å². The number of hydrogen-bond donors (Lipinski definition) is 2. The normalized spacial score (nSPS) is 15.5. The molecule has 1 aromatic heterocycles. The number of aromatic nitrogens is 1. The summed E-state index contributed by atoms with van der Waals surface area (Å²) in [5.41, 5.74) is 0.516. The zero-order valence-corrected chi connectivity index (χ0v) is 10.2. The molecule has 0 unspecified atom stereocenters. The first kappa shape index (κ1) is 12.6. The van der Waals surface area contributed by atoms with E-state index in [4.69, 9.17) is 4.42 Å². The molecule has 2 heterocycles. The predicted octanol–water partition coefficient (Wildman–Crippen LogP) is -0.855. The Morgan fingerprint density at radius 3 is 2.83 bits per heavy atom. The fourth-order valence-electron chi connectivity index (χ4n) is 1.78. The summed E-state index contributed by atoms with van der Waals surface area (Å²) in [6.45, 7) is 4.60. The maximum absolute atomic E-state index is 11.8. The second-order valence-electron chi connectivity index (χ2n) is 4.08. The lowest BCUT2D eigenvalue weighted by molar-refractivity contribution is -0.130. The lowest BCUT2D eigenvalue weighted by Gasteiger charge is -2.27. The Balaban J connectivity index is 1.82. The van der Waals surface area contributed by atoms with Crippen LogP contribution in [0.1, 0.15) is 16.2 Å². The molecule has 98 valence electrons. The molecule has 0 aromatic carbocycles. The van der Waals surface area contributed by atoms with E-state index in [1.54, 1.807) is 11.8 Å². The average molecular weight is 252 g/mol. The second-order valence-corrected chi connectivity index (χ2v) is 4.08. The summed E-state index contributed by atoms with van der Waals surface area (Å²) in [5, 5.41) is 5.70. The molecule has 0 atom stereocenters. The van der Waals surface area contributed by atoms with Crippen molar-refractivity contribution in [2.75, 3.05) is 32.7 Å². The van der Waals surface area contributed by atoms with Crippen LogP contribution in [0.2, 0.25) is 0 Å². The van der Waals surface area contributed by atoms with E-state index in [9.17, 15) is 9.59 Å². The molecular formula is C11H16N4O3. The summed E-state index contributed by atoms with van der Waals surface area (Å²) in [7, 11) is 0. The van der Waals surface area contributed by atoms with E-state index in [1.165, 1.54) is 6.39 Å². The fourth-order valence-corrected chi connectivity index (χ4v) is 1.78. The second kappa shape index (κ2) is 5.63. The highest BCUT2D eigenvalue weighted by Gasteiger charge is 2.19. The molecule has 0 bridgehead atoms. The van der Waals surface area contributed by atoms with Gasteiger partial charge in [-0.1, -0.05) is 0 Å². The van der Waals surface area contributed by atoms with E-state index in [2.05, 4.69) is 15.6 Å². The van der Waals surface area contributed by atoms with Crippen molar-refractivity contribution in [2.45, 2.75) is 6.92 Å². The summed E-state index contributed by atoms with van der Waals surface area (Å²) >= 11 is 0. The van der Waals surface area contributed by atoms with Gasteiger partial charge in [0.25, 0.3) is 5.91 Å². The SMILES string of the molecule is Cc1ncoc1C(=O)NCC(=O)N1CCNCC1. The summed E-state index contributed by atoms with van der Waals surface area (Å²) < 4.78 is 4.95. The number of oxazole rings is 1. The highest BCUT2D eigenvalue weighted by atomic mass is 16.3. The van der Waals surface area contributed by atoms with E-state index in [-0.39, 0.29) is 18.2 Å². The van der Waals surface area contributed by atoms with Gasteiger partial charge in [-0.25, -0.2) is 4.98 Å². The minimum atomic E-state index is -0.409. The minimum Gasteiger partial charge on any atom is -0.438 e. The zero-order valence-electron chi connectivity index (χ0n) is 10.2. The van der Waals surface area contributed by atoms with E-state index < -0.39 is 5.91 Å². The third-order valence-electron chi connectivity index (χ3n) is 2.82. The van der Waals surface area contributed by atoms with Crippen molar-refractivity contribution in [3.63, 3.8) is 0 Å². The van der Waals surface area contributed by atoms with Crippen LogP contribution >= 0.6 is 0 Å². The van der Waals surface area contributed by atoms with Crippen molar-refractivity contribution in [2.24, 2.45) is 0 Å². The topological polar surface area (TPSA) is 87.5 Å². The highest BCUT2D eigenvalue weighted by molar-refractivity contribution is 5.94. The molecule has 1 aromatic rings. The summed E-state index contributed by atoms with van der Waals surface area (Å²) in [6.07, 6.45) is 1.21. The molecule has 0 spiro atoms. The van der Waals surface area contributed by atoms with Gasteiger partial charge in [0.1, 0.15) is 0 Å². The molecule has 18 heavy (non-hydrogen) atoms. The van der Waals surface area contributed by atoms with Crippen LogP contribution in [-0.4, -0.2) is 54.4 Å². The Hall–Kier alpha value is -1.89. The first-order valence-electron chi connectivity index (χ1n) is 5.85. The number of hydrogen-bond acceptors (Lipinski definition) is 5. The van der Waals surface area contributed by atoms with E-state index in [0.717, 1.165) is 13.1 Å². The van der Waals surface area contributed by atoms with Crippen LogP contribution < -0.4 is 10.6 Å². The van der Waals surface area contributed by atoms with Crippen LogP contribution in [-0.2, 0) is 4.79 Å². The van der Waals surface area contributed by atoms with Crippen LogP contribution in [0, 0.1) is 6.92 Å². The number of amides is 2. The standard InChI is InChI=1S/C11H16N4O3/c1-8-10(18-7-14-8)11(17)13-6-9(16)15-4-2-12-3-5-15/h7,12H,2-6H2,1H3,(H,13,17). The molecule has 1 saturated heterocycles. The first-order chi connectivity index (χ1) is 8.68. The predicted molar refractivity (Wildman–Crippen MR) is 63.0 cm³/mol. The summed E-state index contributed by atoms with van der Waals surface area (Å²) in [6, 6.07) is 0. The quantitative estimate of drug-likeness (QED) is 0.731. The molecule has 0 radical (unpaired) electrons. The molecule has 2 rings (SSSR count). The molecule has 1 aliphatic heterocycles. The molecule has 2 N–H and O–H groups in total. The van der Waals surface area contributed by atoms with Gasteiger partial charge in [0.2, 0.25) is 11.7 Å². The zero-order chi connectivity index (χ0) is 13.0. The molecule has 1 aliphatic rings. The number of aryl methyl sites for hydroxylation is 1. The van der Waals surface area contributed by atoms with E-state index >= 15 is 0 Å². The Bertz CT molecular complexity index is 437. The lowest BCUT2D eigenvalue weighted by atomic mass is 10.3. The van der Waals surface area contributed by atoms with Gasteiger partial charge in [0, 0.05) is 26.2 Å². The van der Waals surface area contributed by atoms with Gasteiger partial charge in [-0.2, -0.15) is 0 Å². The van der Waals surface area contributed by atoms with Gasteiger partial charge in [0.15, 0.2) is 6.39 Å². The Morgan fingerprint density at radius 2 is 2.22 bits per heavy atom. The minimum absolute atomic E-state index is 0.0149. The maximum Gasteiger partial charge on any atom is 0.289 e. The van der Waals surface area contributed by atoms with E-state index in [0.29, 0.717) is 18.8 Å². The third-order valence-corrected chi connectivity index (χ3v) is 2.82. The largest absolute Gasteiger partial charge is 0.438 e. The fraction of sp³-hybridized carbons (Fsp3) is 0.545. The van der Waals surface area contributed by atoms with Gasteiger partial charge >= 0.3 is 0 Å². The van der Waals surface area contributed by atoms with Gasteiger partial charge in [-0.05, 0) is 6.92 Å². The molecule has 2 amide bonds. The van der Waals surface area contributed by atoms with Crippen molar-refractivity contribution in [1.82, 2.24) is 20.5 Å². The van der Waals surface area contributed by atoms with Crippen LogP contribution in [0.3, 0.4) is 0 Å². The van der Waals surface area contributed by atoms with Crippen LogP contribution in [0.15, 0.2) is 10.8 Å². The lowest BCUT2D eigenvalue weighted by Crippen LogP contribution is -2.49. The molecule has 0 saturated carbocycles. The van der Waals surface area contributed by atoms with Crippen molar-refractivity contribution >= 4 is 11.8 Å². The van der Waals surface area contributed by atoms with Gasteiger partial charge in [-0.15, -0.1) is 0 Å². The molecule has 7 heteroatoms. The molecular weight excluding hydrogens is 236 g/mol. The number of carbonyl (C=O) groups is 2. The van der Waals surface area contributed by atoms with Crippen LogP contribution in [0.25, 0.3) is 0 Å². The summed E-state index contributed by atoms with van der Waals surface area (Å²) in [4.78, 5) is 29.0. The average Bonchev–Trinajstić information content (AvgIpc) is 2.83. The van der Waals surface area contributed by atoms with Crippen molar-refractivity contribution < 1.29 is 14.0 Å². The van der Waals surface area contributed by atoms with Gasteiger partial charge in [0.05, 0.1) is 12.2 Å². The van der Waals surface area contributed by atoms with Crippen LogP contribution in [0.4, 0.5) is 0 Å². The number of piperazine rings is 1. The van der Waals surface area contributed by atoms with Crippen molar-refractivity contribution in [1.29, 1.82) is 0 Å². The monoisotopic (exact) mass is 252 g/mol. The third kappa shape index (κ3) is 2.86. The Labute approximate surface area is 105 Å². The Morgan fingerprint density at radius 1 is 1.50 bits per heavy atom. The first-order valence-corrected chi connectivity index (χ1v) is 5.85. The van der Waals surface area contributed by atoms with Gasteiger partial charge < -0.3 is 20.0 Å². The number of nitrogens with zero attached hydrogens (tertiary/aromatic N) is 2. The Kier molecular flexibility index (Phi) is 3.93. The van der Waals surface area contributed by atoms with Crippen molar-refractivity contribution in [3.05, 3.63) is 17.8 Å². The number of nitrogens with one attached hydrogen (secondary N) is 2. The summed E-state index contributed by atoms with van der Waals surface area (Å²) in [5.74, 6) is -0.335. The molecule has 0 aliphatic carbocycles. The van der Waals surface area contributed by atoms with Crippen molar-refractivity contribution in [3.8, 4) is 0 Å². The smallest absolute Gasteiger partial charge is 0.289 e. The number of rotatable bonds is 3. The number of carbonyl (C=O) groups excluding carboxylic acids is 2. The van der Waals surface area contributed by atoms with Crippen LogP contribution in [0.5, 0.6) is 0 Å². The molecule has 7 nitrogen and oxygen atoms in total.